The van der Waals surface area contributed by atoms with Crippen LogP contribution in [0.15, 0.2) is 17.6 Å². The summed E-state index contributed by atoms with van der Waals surface area (Å²) in [6.07, 6.45) is 2.22. The van der Waals surface area contributed by atoms with E-state index < -0.39 is 0 Å². The van der Waals surface area contributed by atoms with Gasteiger partial charge in [0.05, 0.1) is 0 Å². The molecule has 0 spiro atoms. The average Bonchev–Trinajstić information content (AvgIpc) is 1.87. The zero-order valence-electron chi connectivity index (χ0n) is 6.60. The molecule has 0 fully saturated rings. The predicted octanol–water partition coefficient (Wildman–Crippen LogP) is 2.02. The minimum Gasteiger partial charge on any atom is -0.426 e. The standard InChI is InChI=1S/C8H12O2/c1-4-7(2)5-6-10-8(3)9/h6H,4H2,1-3H3. The van der Waals surface area contributed by atoms with Gasteiger partial charge < -0.3 is 4.74 Å². The molecule has 0 aliphatic rings. The molecule has 0 atom stereocenters. The van der Waals surface area contributed by atoms with Crippen molar-refractivity contribution in [1.82, 2.24) is 0 Å². The molecule has 0 aromatic carbocycles. The second-order valence-electron chi connectivity index (χ2n) is 2.01. The van der Waals surface area contributed by atoms with Crippen LogP contribution >= 0.6 is 0 Å². The molecular weight excluding hydrogens is 128 g/mol. The van der Waals surface area contributed by atoms with Gasteiger partial charge in [0, 0.05) is 6.92 Å². The number of allylic oxidation sites excluding steroid dienone is 1. The lowest BCUT2D eigenvalue weighted by molar-refractivity contribution is -0.135. The molecule has 0 radical (unpaired) electrons. The molecule has 2 nitrogen and oxygen atoms in total. The van der Waals surface area contributed by atoms with Gasteiger partial charge in [0.25, 0.3) is 0 Å². The van der Waals surface area contributed by atoms with Crippen LogP contribution in [-0.2, 0) is 9.53 Å². The highest BCUT2D eigenvalue weighted by Gasteiger charge is 1.83. The monoisotopic (exact) mass is 140 g/mol. The summed E-state index contributed by atoms with van der Waals surface area (Å²) in [5, 5.41) is 0. The van der Waals surface area contributed by atoms with Crippen molar-refractivity contribution >= 4 is 5.97 Å². The highest BCUT2D eigenvalue weighted by molar-refractivity contribution is 5.66. The minimum absolute atomic E-state index is 0.309. The molecular formula is C8H12O2. The Hall–Kier alpha value is -1.01. The van der Waals surface area contributed by atoms with E-state index in [1.54, 1.807) is 0 Å². The molecule has 0 unspecified atom stereocenters. The minimum atomic E-state index is -0.309. The maximum absolute atomic E-state index is 10.2. The van der Waals surface area contributed by atoms with E-state index in [1.165, 1.54) is 13.2 Å². The largest absolute Gasteiger partial charge is 0.426 e. The van der Waals surface area contributed by atoms with E-state index in [0.29, 0.717) is 0 Å². The molecule has 0 amide bonds. The van der Waals surface area contributed by atoms with Crippen LogP contribution in [-0.4, -0.2) is 5.97 Å². The SMILES string of the molecule is CCC(C)=C=COC(C)=O. The molecule has 0 saturated heterocycles. The van der Waals surface area contributed by atoms with Crippen LogP contribution in [0.5, 0.6) is 0 Å². The summed E-state index contributed by atoms with van der Waals surface area (Å²) in [6.45, 7) is 5.31. The van der Waals surface area contributed by atoms with Gasteiger partial charge in [0.1, 0.15) is 6.26 Å². The number of hydrogen-bond acceptors (Lipinski definition) is 2. The van der Waals surface area contributed by atoms with Crippen LogP contribution in [0.2, 0.25) is 0 Å². The fourth-order valence-electron chi connectivity index (χ4n) is 0.315. The maximum Gasteiger partial charge on any atom is 0.308 e. The van der Waals surface area contributed by atoms with Crippen LogP contribution in [0, 0.1) is 0 Å². The number of esters is 1. The molecule has 0 aliphatic carbocycles. The Labute approximate surface area is 61.2 Å². The Kier molecular flexibility index (Phi) is 4.34. The molecule has 56 valence electrons. The molecule has 0 N–H and O–H groups in total. The summed E-state index contributed by atoms with van der Waals surface area (Å²) in [7, 11) is 0. The van der Waals surface area contributed by atoms with Crippen LogP contribution in [0.1, 0.15) is 27.2 Å². The molecule has 10 heavy (non-hydrogen) atoms. The third-order valence-corrected chi connectivity index (χ3v) is 1.06. The van der Waals surface area contributed by atoms with E-state index in [1.807, 2.05) is 13.8 Å². The number of hydrogen-bond donors (Lipinski definition) is 0. The van der Waals surface area contributed by atoms with E-state index in [4.69, 9.17) is 0 Å². The van der Waals surface area contributed by atoms with Crippen LogP contribution < -0.4 is 0 Å². The van der Waals surface area contributed by atoms with Gasteiger partial charge in [-0.05, 0) is 18.9 Å². The lowest BCUT2D eigenvalue weighted by Gasteiger charge is -1.87. The lowest BCUT2D eigenvalue weighted by atomic mass is 10.3. The molecule has 2 heteroatoms. The molecule has 0 bridgehead atoms. The molecule has 0 aromatic rings. The number of carbonyl (C=O) groups is 1. The quantitative estimate of drug-likeness (QED) is 0.333. The first-order valence-corrected chi connectivity index (χ1v) is 3.24. The molecule has 0 aliphatic heterocycles. The van der Waals surface area contributed by atoms with Gasteiger partial charge >= 0.3 is 5.97 Å². The molecule has 0 saturated carbocycles. The fourth-order valence-corrected chi connectivity index (χ4v) is 0.315. The van der Waals surface area contributed by atoms with Gasteiger partial charge in [-0.1, -0.05) is 12.7 Å². The van der Waals surface area contributed by atoms with E-state index >= 15 is 0 Å². The summed E-state index contributed by atoms with van der Waals surface area (Å²) in [4.78, 5) is 10.2. The van der Waals surface area contributed by atoms with Crippen molar-refractivity contribution in [2.24, 2.45) is 0 Å². The topological polar surface area (TPSA) is 26.3 Å². The predicted molar refractivity (Wildman–Crippen MR) is 39.3 cm³/mol. The Morgan fingerprint density at radius 1 is 1.60 bits per heavy atom. The molecule has 0 aromatic heterocycles. The second-order valence-corrected chi connectivity index (χ2v) is 2.01. The average molecular weight is 140 g/mol. The van der Waals surface area contributed by atoms with E-state index in [-0.39, 0.29) is 5.97 Å². The van der Waals surface area contributed by atoms with Crippen molar-refractivity contribution in [1.29, 1.82) is 0 Å². The smallest absolute Gasteiger partial charge is 0.308 e. The summed E-state index contributed by atoms with van der Waals surface area (Å²) in [6, 6.07) is 0. The van der Waals surface area contributed by atoms with E-state index in [9.17, 15) is 4.79 Å². The van der Waals surface area contributed by atoms with Gasteiger partial charge in [-0.2, -0.15) is 0 Å². The Bertz CT molecular complexity index is 174. The van der Waals surface area contributed by atoms with Crippen molar-refractivity contribution < 1.29 is 9.53 Å². The van der Waals surface area contributed by atoms with Gasteiger partial charge in [0.15, 0.2) is 0 Å². The third kappa shape index (κ3) is 5.13. The molecule has 0 rings (SSSR count). The highest BCUT2D eigenvalue weighted by Crippen LogP contribution is 1.93. The zero-order chi connectivity index (χ0) is 7.98. The van der Waals surface area contributed by atoms with Crippen LogP contribution in [0.4, 0.5) is 0 Å². The van der Waals surface area contributed by atoms with Crippen molar-refractivity contribution in [3.8, 4) is 0 Å². The summed E-state index contributed by atoms with van der Waals surface area (Å²) in [5.74, 6) is -0.309. The van der Waals surface area contributed by atoms with Crippen molar-refractivity contribution in [3.63, 3.8) is 0 Å². The fraction of sp³-hybridized carbons (Fsp3) is 0.500. The first-order valence-electron chi connectivity index (χ1n) is 3.24. The van der Waals surface area contributed by atoms with Crippen molar-refractivity contribution in [2.75, 3.05) is 0 Å². The van der Waals surface area contributed by atoms with E-state index in [0.717, 1.165) is 12.0 Å². The highest BCUT2D eigenvalue weighted by atomic mass is 16.5. The van der Waals surface area contributed by atoms with E-state index in [2.05, 4.69) is 10.5 Å². The summed E-state index contributed by atoms with van der Waals surface area (Å²) >= 11 is 0. The lowest BCUT2D eigenvalue weighted by Crippen LogP contribution is -1.88. The van der Waals surface area contributed by atoms with Crippen LogP contribution in [0.25, 0.3) is 0 Å². The Balaban J connectivity index is 3.85. The summed E-state index contributed by atoms with van der Waals surface area (Å²) in [5.41, 5.74) is 3.88. The van der Waals surface area contributed by atoms with Crippen molar-refractivity contribution in [2.45, 2.75) is 27.2 Å². The maximum atomic E-state index is 10.2. The number of ether oxygens (including phenoxy) is 1. The number of carbonyl (C=O) groups excluding carboxylic acids is 1. The zero-order valence-corrected chi connectivity index (χ0v) is 6.60. The summed E-state index contributed by atoms with van der Waals surface area (Å²) < 4.78 is 4.52. The Morgan fingerprint density at radius 2 is 2.20 bits per heavy atom. The van der Waals surface area contributed by atoms with Crippen LogP contribution in [0.3, 0.4) is 0 Å². The first-order chi connectivity index (χ1) is 4.66. The molecule has 0 heterocycles. The van der Waals surface area contributed by atoms with Gasteiger partial charge in [0.2, 0.25) is 0 Å². The third-order valence-electron chi connectivity index (χ3n) is 1.06. The second kappa shape index (κ2) is 4.83. The first kappa shape index (κ1) is 8.99. The number of rotatable bonds is 2. The normalized spacial score (nSPS) is 7.90. The van der Waals surface area contributed by atoms with Gasteiger partial charge in [-0.3, -0.25) is 4.79 Å². The van der Waals surface area contributed by atoms with Gasteiger partial charge in [-0.15, -0.1) is 0 Å². The van der Waals surface area contributed by atoms with Crippen molar-refractivity contribution in [3.05, 3.63) is 17.6 Å². The Morgan fingerprint density at radius 3 is 2.60 bits per heavy atom. The van der Waals surface area contributed by atoms with Gasteiger partial charge in [-0.25, -0.2) is 0 Å².